The number of para-hydroxylation sites is 1. The SMILES string of the molecule is O=S1(=O)CC[C@H](Sc2ncnc3ccccc23)C1. The van der Waals surface area contributed by atoms with E-state index in [1.807, 2.05) is 24.3 Å². The van der Waals surface area contributed by atoms with Crippen LogP contribution >= 0.6 is 11.8 Å². The molecular formula is C12H12N2O2S2. The molecule has 0 saturated carbocycles. The number of rotatable bonds is 2. The molecular weight excluding hydrogens is 268 g/mol. The van der Waals surface area contributed by atoms with E-state index < -0.39 is 9.84 Å². The van der Waals surface area contributed by atoms with Gasteiger partial charge in [0.1, 0.15) is 11.4 Å². The lowest BCUT2D eigenvalue weighted by Crippen LogP contribution is -2.06. The molecule has 0 bridgehead atoms. The zero-order valence-electron chi connectivity index (χ0n) is 9.61. The molecule has 18 heavy (non-hydrogen) atoms. The van der Waals surface area contributed by atoms with Gasteiger partial charge in [-0.25, -0.2) is 18.4 Å². The van der Waals surface area contributed by atoms with Crippen molar-refractivity contribution in [3.05, 3.63) is 30.6 Å². The molecule has 1 aliphatic rings. The number of aromatic nitrogens is 2. The van der Waals surface area contributed by atoms with Gasteiger partial charge in [0.05, 0.1) is 17.0 Å². The Kier molecular flexibility index (Phi) is 2.99. The highest BCUT2D eigenvalue weighted by Crippen LogP contribution is 2.33. The van der Waals surface area contributed by atoms with E-state index in [4.69, 9.17) is 0 Å². The van der Waals surface area contributed by atoms with Crippen molar-refractivity contribution in [2.24, 2.45) is 0 Å². The summed E-state index contributed by atoms with van der Waals surface area (Å²) < 4.78 is 22.9. The lowest BCUT2D eigenvalue weighted by molar-refractivity contribution is 0.602. The van der Waals surface area contributed by atoms with Crippen LogP contribution in [0.5, 0.6) is 0 Å². The molecule has 0 unspecified atom stereocenters. The van der Waals surface area contributed by atoms with E-state index in [0.29, 0.717) is 12.2 Å². The fourth-order valence-electron chi connectivity index (χ4n) is 2.09. The maximum absolute atomic E-state index is 11.4. The van der Waals surface area contributed by atoms with Crippen LogP contribution in [0.3, 0.4) is 0 Å². The molecule has 1 saturated heterocycles. The van der Waals surface area contributed by atoms with Crippen LogP contribution in [0, 0.1) is 0 Å². The van der Waals surface area contributed by atoms with E-state index in [0.717, 1.165) is 15.9 Å². The molecule has 0 aliphatic carbocycles. The van der Waals surface area contributed by atoms with E-state index in [2.05, 4.69) is 9.97 Å². The lowest BCUT2D eigenvalue weighted by Gasteiger charge is -2.08. The van der Waals surface area contributed by atoms with Gasteiger partial charge in [0, 0.05) is 10.6 Å². The van der Waals surface area contributed by atoms with Gasteiger partial charge in [-0.1, -0.05) is 18.2 Å². The first-order valence-corrected chi connectivity index (χ1v) is 8.41. The van der Waals surface area contributed by atoms with Gasteiger partial charge < -0.3 is 0 Å². The third-order valence-electron chi connectivity index (χ3n) is 2.98. The van der Waals surface area contributed by atoms with Gasteiger partial charge in [-0.15, -0.1) is 11.8 Å². The summed E-state index contributed by atoms with van der Waals surface area (Å²) >= 11 is 1.55. The van der Waals surface area contributed by atoms with Crippen LogP contribution in [0.4, 0.5) is 0 Å². The first kappa shape index (κ1) is 11.9. The fraction of sp³-hybridized carbons (Fsp3) is 0.333. The van der Waals surface area contributed by atoms with Gasteiger partial charge in [-0.3, -0.25) is 0 Å². The summed E-state index contributed by atoms with van der Waals surface area (Å²) in [6.45, 7) is 0. The molecule has 1 aromatic heterocycles. The van der Waals surface area contributed by atoms with Crippen LogP contribution in [0.2, 0.25) is 0 Å². The van der Waals surface area contributed by atoms with E-state index in [1.165, 1.54) is 6.33 Å². The monoisotopic (exact) mass is 280 g/mol. The highest BCUT2D eigenvalue weighted by atomic mass is 32.2. The number of sulfone groups is 1. The predicted octanol–water partition coefficient (Wildman–Crippen LogP) is 1.91. The molecule has 94 valence electrons. The van der Waals surface area contributed by atoms with Gasteiger partial charge in [0.2, 0.25) is 0 Å². The molecule has 0 amide bonds. The smallest absolute Gasteiger partial charge is 0.151 e. The molecule has 0 spiro atoms. The van der Waals surface area contributed by atoms with E-state index in [-0.39, 0.29) is 11.0 Å². The average molecular weight is 280 g/mol. The van der Waals surface area contributed by atoms with Crippen molar-refractivity contribution in [1.82, 2.24) is 9.97 Å². The van der Waals surface area contributed by atoms with Crippen LogP contribution in [0.25, 0.3) is 10.9 Å². The molecule has 4 nitrogen and oxygen atoms in total. The minimum atomic E-state index is -2.83. The van der Waals surface area contributed by atoms with Crippen molar-refractivity contribution in [2.45, 2.75) is 16.7 Å². The number of nitrogens with zero attached hydrogens (tertiary/aromatic N) is 2. The molecule has 6 heteroatoms. The van der Waals surface area contributed by atoms with Crippen molar-refractivity contribution >= 4 is 32.5 Å². The summed E-state index contributed by atoms with van der Waals surface area (Å²) in [5.41, 5.74) is 0.899. The van der Waals surface area contributed by atoms with Crippen molar-refractivity contribution < 1.29 is 8.42 Å². The topological polar surface area (TPSA) is 59.9 Å². The third kappa shape index (κ3) is 2.35. The Balaban J connectivity index is 1.92. The predicted molar refractivity (Wildman–Crippen MR) is 72.5 cm³/mol. The van der Waals surface area contributed by atoms with Gasteiger partial charge in [-0.2, -0.15) is 0 Å². The Morgan fingerprint density at radius 2 is 2.06 bits per heavy atom. The standard InChI is InChI=1S/C12H12N2O2S2/c15-18(16)6-5-9(7-18)17-12-10-3-1-2-4-11(10)13-8-14-12/h1-4,8-9H,5-7H2/t9-/m0/s1. The van der Waals surface area contributed by atoms with Crippen LogP contribution in [0.15, 0.2) is 35.6 Å². The van der Waals surface area contributed by atoms with Crippen molar-refractivity contribution in [2.75, 3.05) is 11.5 Å². The first-order valence-electron chi connectivity index (χ1n) is 5.71. The number of hydrogen-bond acceptors (Lipinski definition) is 5. The lowest BCUT2D eigenvalue weighted by atomic mass is 10.2. The largest absolute Gasteiger partial charge is 0.236 e. The van der Waals surface area contributed by atoms with Crippen LogP contribution in [0.1, 0.15) is 6.42 Å². The van der Waals surface area contributed by atoms with Crippen LogP contribution in [-0.2, 0) is 9.84 Å². The second-order valence-electron chi connectivity index (χ2n) is 4.34. The summed E-state index contributed by atoms with van der Waals surface area (Å²) in [5, 5.41) is 1.99. The van der Waals surface area contributed by atoms with Crippen LogP contribution < -0.4 is 0 Å². The molecule has 2 heterocycles. The molecule has 1 atom stereocenters. The normalized spacial score (nSPS) is 22.3. The summed E-state index contributed by atoms with van der Waals surface area (Å²) in [7, 11) is -2.83. The molecule has 0 radical (unpaired) electrons. The maximum atomic E-state index is 11.4. The Hall–Kier alpha value is -1.14. The quantitative estimate of drug-likeness (QED) is 0.786. The van der Waals surface area contributed by atoms with Crippen molar-refractivity contribution in [1.29, 1.82) is 0 Å². The first-order chi connectivity index (χ1) is 8.64. The number of hydrogen-bond donors (Lipinski definition) is 0. The second kappa shape index (κ2) is 4.51. The van der Waals surface area contributed by atoms with E-state index in [1.54, 1.807) is 11.8 Å². The van der Waals surface area contributed by atoms with Gasteiger partial charge in [0.25, 0.3) is 0 Å². The van der Waals surface area contributed by atoms with Crippen molar-refractivity contribution in [3.63, 3.8) is 0 Å². The van der Waals surface area contributed by atoms with Crippen molar-refractivity contribution in [3.8, 4) is 0 Å². The molecule has 1 fully saturated rings. The summed E-state index contributed by atoms with van der Waals surface area (Å²) in [6, 6.07) is 7.79. The number of fused-ring (bicyclic) bond motifs is 1. The zero-order chi connectivity index (χ0) is 12.6. The Labute approximate surface area is 110 Å². The highest BCUT2D eigenvalue weighted by Gasteiger charge is 2.29. The molecule has 3 rings (SSSR count). The minimum absolute atomic E-state index is 0.119. The van der Waals surface area contributed by atoms with Crippen LogP contribution in [-0.4, -0.2) is 35.1 Å². The Morgan fingerprint density at radius 1 is 1.22 bits per heavy atom. The Morgan fingerprint density at radius 3 is 2.83 bits per heavy atom. The molecule has 1 aliphatic heterocycles. The number of thioether (sulfide) groups is 1. The minimum Gasteiger partial charge on any atom is -0.236 e. The Bertz CT molecular complexity index is 680. The summed E-state index contributed by atoms with van der Waals surface area (Å²) in [4.78, 5) is 8.48. The van der Waals surface area contributed by atoms with Gasteiger partial charge >= 0.3 is 0 Å². The number of benzene rings is 1. The maximum Gasteiger partial charge on any atom is 0.151 e. The molecule has 2 aromatic rings. The summed E-state index contributed by atoms with van der Waals surface area (Å²) in [6.07, 6.45) is 2.25. The zero-order valence-corrected chi connectivity index (χ0v) is 11.2. The van der Waals surface area contributed by atoms with Gasteiger partial charge in [-0.05, 0) is 12.5 Å². The molecule has 1 aromatic carbocycles. The third-order valence-corrected chi connectivity index (χ3v) is 6.24. The average Bonchev–Trinajstić information content (AvgIpc) is 2.69. The fourth-order valence-corrected chi connectivity index (χ4v) is 5.63. The van der Waals surface area contributed by atoms with Gasteiger partial charge in [0.15, 0.2) is 9.84 Å². The van der Waals surface area contributed by atoms with E-state index >= 15 is 0 Å². The highest BCUT2D eigenvalue weighted by molar-refractivity contribution is 8.02. The second-order valence-corrected chi connectivity index (χ2v) is 7.86. The molecule has 0 N–H and O–H groups in total. The summed E-state index contributed by atoms with van der Waals surface area (Å²) in [5.74, 6) is 0.559. The van der Waals surface area contributed by atoms with E-state index in [9.17, 15) is 8.42 Å².